The van der Waals surface area contributed by atoms with Crippen LogP contribution in [0.5, 0.6) is 0 Å². The fourth-order valence-electron chi connectivity index (χ4n) is 2.44. The van der Waals surface area contributed by atoms with Crippen LogP contribution in [0.1, 0.15) is 46.5 Å². The average Bonchev–Trinajstić information content (AvgIpc) is 2.50. The molecule has 0 spiro atoms. The highest BCUT2D eigenvalue weighted by atomic mass is 19.4. The molecule has 0 amide bonds. The molecule has 1 heterocycles. The zero-order valence-electron chi connectivity index (χ0n) is 14.3. The summed E-state index contributed by atoms with van der Waals surface area (Å²) in [6.45, 7) is 1.88. The lowest BCUT2D eigenvalue weighted by molar-refractivity contribution is -0.501. The summed E-state index contributed by atoms with van der Waals surface area (Å²) in [7, 11) is 0. The van der Waals surface area contributed by atoms with Gasteiger partial charge in [0.15, 0.2) is 12.4 Å². The summed E-state index contributed by atoms with van der Waals surface area (Å²) >= 11 is 0. The fourth-order valence-corrected chi connectivity index (χ4v) is 2.44. The highest BCUT2D eigenvalue weighted by molar-refractivity contribution is 5.72. The molecule has 1 rings (SSSR count). The van der Waals surface area contributed by atoms with Crippen LogP contribution in [-0.4, -0.2) is 48.0 Å². The van der Waals surface area contributed by atoms with Crippen molar-refractivity contribution in [2.45, 2.75) is 69.9 Å². The average molecular weight is 378 g/mol. The fraction of sp³-hybridized carbons (Fsp3) is 0.933. The number of aliphatic hydroxyl groups is 1. The van der Waals surface area contributed by atoms with Gasteiger partial charge in [0.2, 0.25) is 0 Å². The van der Waals surface area contributed by atoms with Crippen molar-refractivity contribution in [1.82, 2.24) is 0 Å². The first-order valence-electron chi connectivity index (χ1n) is 7.97. The Labute approximate surface area is 142 Å². The number of hydrogen-bond acceptors (Lipinski definition) is 5. The first-order valence-corrected chi connectivity index (χ1v) is 7.97. The first-order chi connectivity index (χ1) is 11.4. The molecule has 5 nitrogen and oxygen atoms in total. The van der Waals surface area contributed by atoms with Crippen LogP contribution in [-0.2, 0) is 19.0 Å². The predicted octanol–water partition coefficient (Wildman–Crippen LogP) is 3.40. The highest BCUT2D eigenvalue weighted by Gasteiger charge is 2.79. The standard InChI is InChI=1S/C15H23F5O5/c1-4-6-7-10(5-2)11(21)23-8-12(3)13(16,17)14(22,15(18,19)20)25-9-24-12/h10,22H,4-9H2,1-3H3. The number of halogens is 5. The van der Waals surface area contributed by atoms with Gasteiger partial charge in [0, 0.05) is 0 Å². The van der Waals surface area contributed by atoms with Crippen molar-refractivity contribution in [2.24, 2.45) is 5.92 Å². The van der Waals surface area contributed by atoms with E-state index in [1.807, 2.05) is 6.92 Å². The topological polar surface area (TPSA) is 65.0 Å². The van der Waals surface area contributed by atoms with Gasteiger partial charge in [-0.15, -0.1) is 0 Å². The van der Waals surface area contributed by atoms with Crippen LogP contribution in [0.3, 0.4) is 0 Å². The van der Waals surface area contributed by atoms with E-state index in [1.165, 1.54) is 0 Å². The predicted molar refractivity (Wildman–Crippen MR) is 75.7 cm³/mol. The maximum Gasteiger partial charge on any atom is 0.449 e. The molecule has 3 unspecified atom stereocenters. The van der Waals surface area contributed by atoms with Crippen molar-refractivity contribution in [3.63, 3.8) is 0 Å². The second-order valence-electron chi connectivity index (χ2n) is 6.21. The molecule has 0 bridgehead atoms. The third kappa shape index (κ3) is 4.06. The molecule has 0 aromatic heterocycles. The summed E-state index contributed by atoms with van der Waals surface area (Å²) < 4.78 is 80.4. The highest BCUT2D eigenvalue weighted by Crippen LogP contribution is 2.52. The van der Waals surface area contributed by atoms with Crippen LogP contribution in [0.15, 0.2) is 0 Å². The molecule has 0 radical (unpaired) electrons. The summed E-state index contributed by atoms with van der Waals surface area (Å²) in [5.41, 5.74) is -2.89. The van der Waals surface area contributed by atoms with E-state index in [4.69, 9.17) is 4.74 Å². The van der Waals surface area contributed by atoms with Gasteiger partial charge in [0.25, 0.3) is 0 Å². The molecule has 1 saturated heterocycles. The van der Waals surface area contributed by atoms with E-state index < -0.39 is 48.8 Å². The maximum atomic E-state index is 14.3. The summed E-state index contributed by atoms with van der Waals surface area (Å²) in [4.78, 5) is 12.0. The zero-order chi connectivity index (χ0) is 19.5. The second-order valence-corrected chi connectivity index (χ2v) is 6.21. The molecule has 0 aliphatic carbocycles. The third-order valence-corrected chi connectivity index (χ3v) is 4.34. The Morgan fingerprint density at radius 2 is 1.88 bits per heavy atom. The number of unbranched alkanes of at least 4 members (excludes halogenated alkanes) is 1. The molecule has 10 heteroatoms. The monoisotopic (exact) mass is 378 g/mol. The summed E-state index contributed by atoms with van der Waals surface area (Å²) in [6.07, 6.45) is -3.34. The van der Waals surface area contributed by atoms with Gasteiger partial charge in [-0.2, -0.15) is 22.0 Å². The van der Waals surface area contributed by atoms with Crippen LogP contribution < -0.4 is 0 Å². The minimum Gasteiger partial charge on any atom is -0.462 e. The molecule has 1 aliphatic heterocycles. The number of esters is 1. The number of hydrogen-bond donors (Lipinski definition) is 1. The van der Waals surface area contributed by atoms with Crippen molar-refractivity contribution in [1.29, 1.82) is 0 Å². The zero-order valence-corrected chi connectivity index (χ0v) is 14.3. The SMILES string of the molecule is CCCCC(CC)C(=O)OCC1(C)OCOC(O)(C(F)(F)F)C1(F)F. The van der Waals surface area contributed by atoms with Gasteiger partial charge in [-0.1, -0.05) is 26.7 Å². The van der Waals surface area contributed by atoms with Crippen LogP contribution >= 0.6 is 0 Å². The lowest BCUT2D eigenvalue weighted by atomic mass is 9.89. The molecule has 3 atom stereocenters. The van der Waals surface area contributed by atoms with Gasteiger partial charge >= 0.3 is 23.9 Å². The van der Waals surface area contributed by atoms with Crippen LogP contribution in [0, 0.1) is 5.92 Å². The molecule has 1 aliphatic rings. The van der Waals surface area contributed by atoms with E-state index in [0.717, 1.165) is 12.8 Å². The second kappa shape index (κ2) is 7.71. The normalized spacial score (nSPS) is 30.8. The summed E-state index contributed by atoms with van der Waals surface area (Å²) in [5.74, 6) is -11.0. The molecular weight excluding hydrogens is 355 g/mol. The quantitative estimate of drug-likeness (QED) is 0.543. The molecule has 25 heavy (non-hydrogen) atoms. The minimum absolute atomic E-state index is 0.405. The number of rotatable bonds is 7. The van der Waals surface area contributed by atoms with Crippen LogP contribution in [0.2, 0.25) is 0 Å². The molecule has 0 aromatic rings. The Balaban J connectivity index is 2.90. The van der Waals surface area contributed by atoms with Crippen molar-refractivity contribution in [2.75, 3.05) is 13.4 Å². The van der Waals surface area contributed by atoms with E-state index in [-0.39, 0.29) is 0 Å². The Bertz CT molecular complexity index is 470. The largest absolute Gasteiger partial charge is 0.462 e. The molecule has 0 saturated carbocycles. The van der Waals surface area contributed by atoms with Crippen molar-refractivity contribution >= 4 is 5.97 Å². The third-order valence-electron chi connectivity index (χ3n) is 4.34. The van der Waals surface area contributed by atoms with Gasteiger partial charge in [-0.05, 0) is 19.8 Å². The number of alkyl halides is 5. The van der Waals surface area contributed by atoms with E-state index in [9.17, 15) is 31.9 Å². The van der Waals surface area contributed by atoms with E-state index in [1.54, 1.807) is 6.92 Å². The van der Waals surface area contributed by atoms with Gasteiger partial charge in [0.1, 0.15) is 6.61 Å². The van der Waals surface area contributed by atoms with E-state index in [2.05, 4.69) is 9.47 Å². The van der Waals surface area contributed by atoms with Gasteiger partial charge in [0.05, 0.1) is 5.92 Å². The van der Waals surface area contributed by atoms with Gasteiger partial charge in [-0.25, -0.2) is 0 Å². The lowest BCUT2D eigenvalue weighted by Crippen LogP contribution is -2.74. The lowest BCUT2D eigenvalue weighted by Gasteiger charge is -2.48. The number of carbonyl (C=O) groups excluding carboxylic acids is 1. The van der Waals surface area contributed by atoms with Crippen LogP contribution in [0.4, 0.5) is 22.0 Å². The smallest absolute Gasteiger partial charge is 0.449 e. The Morgan fingerprint density at radius 3 is 2.36 bits per heavy atom. The van der Waals surface area contributed by atoms with Crippen molar-refractivity contribution in [3.8, 4) is 0 Å². The number of ether oxygens (including phenoxy) is 3. The molecule has 148 valence electrons. The van der Waals surface area contributed by atoms with Crippen molar-refractivity contribution < 1.29 is 46.1 Å². The minimum atomic E-state index is -5.77. The van der Waals surface area contributed by atoms with Gasteiger partial charge < -0.3 is 19.3 Å². The molecule has 1 fully saturated rings. The van der Waals surface area contributed by atoms with E-state index >= 15 is 0 Å². The number of carbonyl (C=O) groups is 1. The Morgan fingerprint density at radius 1 is 1.28 bits per heavy atom. The Kier molecular flexibility index (Phi) is 6.80. The first kappa shape index (κ1) is 22.0. The van der Waals surface area contributed by atoms with Crippen molar-refractivity contribution in [3.05, 3.63) is 0 Å². The molecule has 0 aromatic carbocycles. The van der Waals surface area contributed by atoms with Gasteiger partial charge in [-0.3, -0.25) is 4.79 Å². The molecular formula is C15H23F5O5. The molecule has 1 N–H and O–H groups in total. The maximum absolute atomic E-state index is 14.3. The van der Waals surface area contributed by atoms with Crippen LogP contribution in [0.25, 0.3) is 0 Å². The summed E-state index contributed by atoms with van der Waals surface area (Å²) in [6, 6.07) is 0. The Hall–Kier alpha value is -1.00. The van der Waals surface area contributed by atoms with E-state index in [0.29, 0.717) is 19.8 Å². The summed E-state index contributed by atoms with van der Waals surface area (Å²) in [5, 5.41) is 9.39.